The molecule has 2 aromatic carbocycles. The number of amidine groups is 1. The number of likely N-dealkylation sites (tertiary alicyclic amines) is 2. The van der Waals surface area contributed by atoms with Crippen molar-refractivity contribution in [2.45, 2.75) is 103 Å². The second-order valence-corrected chi connectivity index (χ2v) is 15.2. The minimum Gasteiger partial charge on any atom is -0.457 e. The first-order valence-corrected chi connectivity index (χ1v) is 17.1. The van der Waals surface area contributed by atoms with E-state index >= 15 is 0 Å². The number of hydrogen-bond donors (Lipinski definition) is 2. The maximum atomic E-state index is 12.9. The first-order chi connectivity index (χ1) is 22.8. The maximum absolute atomic E-state index is 12.9. The number of carbonyl (C=O) groups is 2. The molecule has 1 aromatic heterocycles. The first-order valence-electron chi connectivity index (χ1n) is 17.1. The van der Waals surface area contributed by atoms with Crippen LogP contribution in [0.2, 0.25) is 0 Å². The average Bonchev–Trinajstić information content (AvgIpc) is 3.83. The van der Waals surface area contributed by atoms with Gasteiger partial charge in [-0.25, -0.2) is 14.6 Å². The molecule has 48 heavy (non-hydrogen) atoms. The average molecular weight is 655 g/mol. The van der Waals surface area contributed by atoms with Crippen molar-refractivity contribution in [3.63, 3.8) is 0 Å². The van der Waals surface area contributed by atoms with Crippen LogP contribution in [0.15, 0.2) is 47.6 Å². The molecule has 1 unspecified atom stereocenters. The van der Waals surface area contributed by atoms with Crippen molar-refractivity contribution >= 4 is 18.0 Å². The van der Waals surface area contributed by atoms with Crippen molar-refractivity contribution < 1.29 is 23.8 Å². The number of fused-ring (bicyclic) bond motifs is 2. The summed E-state index contributed by atoms with van der Waals surface area (Å²) >= 11 is 0. The van der Waals surface area contributed by atoms with Gasteiger partial charge in [0.05, 0.1) is 36.6 Å². The monoisotopic (exact) mass is 654 g/mol. The molecule has 3 aromatic rings. The summed E-state index contributed by atoms with van der Waals surface area (Å²) in [5, 5.41) is 3.62. The molecule has 11 nitrogen and oxygen atoms in total. The van der Waals surface area contributed by atoms with Gasteiger partial charge in [-0.05, 0) is 114 Å². The molecular weight excluding hydrogens is 608 g/mol. The first kappa shape index (κ1) is 32.0. The van der Waals surface area contributed by atoms with E-state index in [2.05, 4.69) is 33.5 Å². The van der Waals surface area contributed by atoms with E-state index in [9.17, 15) is 9.59 Å². The van der Waals surface area contributed by atoms with Crippen molar-refractivity contribution in [2.24, 2.45) is 4.99 Å². The fourth-order valence-corrected chi connectivity index (χ4v) is 7.04. The molecule has 2 saturated heterocycles. The summed E-state index contributed by atoms with van der Waals surface area (Å²) in [6, 6.07) is 12.4. The molecule has 4 aliphatic heterocycles. The molecule has 4 aliphatic rings. The van der Waals surface area contributed by atoms with E-state index in [0.29, 0.717) is 19.6 Å². The number of aromatic nitrogens is 2. The van der Waals surface area contributed by atoms with Crippen molar-refractivity contribution in [3.8, 4) is 22.8 Å². The normalized spacial score (nSPS) is 22.0. The number of ether oxygens (including phenoxy) is 3. The van der Waals surface area contributed by atoms with Crippen LogP contribution in [0.4, 0.5) is 9.59 Å². The SMILES string of the molecule is CC(C)(C)OC(=O)N1CCC[C@H]1C1=NCC(c2ccc3c(c2)Cc2cc(-c4cnc([C@@H]5CCCN5C(=O)OC(C)(C)C)[nH]4)ccc2O3)N1. The second-order valence-electron chi connectivity index (χ2n) is 15.2. The summed E-state index contributed by atoms with van der Waals surface area (Å²) in [5.41, 5.74) is 4.18. The molecule has 3 atom stereocenters. The van der Waals surface area contributed by atoms with Crippen molar-refractivity contribution in [1.82, 2.24) is 25.1 Å². The second kappa shape index (κ2) is 12.2. The van der Waals surface area contributed by atoms with E-state index < -0.39 is 11.2 Å². The van der Waals surface area contributed by atoms with Gasteiger partial charge in [0.25, 0.3) is 0 Å². The lowest BCUT2D eigenvalue weighted by molar-refractivity contribution is 0.0216. The van der Waals surface area contributed by atoms with Gasteiger partial charge in [0, 0.05) is 25.1 Å². The lowest BCUT2D eigenvalue weighted by Crippen LogP contribution is -2.46. The summed E-state index contributed by atoms with van der Waals surface area (Å²) < 4.78 is 17.7. The minimum absolute atomic E-state index is 0.0263. The van der Waals surface area contributed by atoms with E-state index in [4.69, 9.17) is 19.2 Å². The topological polar surface area (TPSA) is 121 Å². The van der Waals surface area contributed by atoms with Crippen LogP contribution in [0.3, 0.4) is 0 Å². The van der Waals surface area contributed by atoms with Crippen LogP contribution in [-0.2, 0) is 15.9 Å². The van der Waals surface area contributed by atoms with E-state index in [-0.39, 0.29) is 30.3 Å². The lowest BCUT2D eigenvalue weighted by Gasteiger charge is -2.29. The minimum atomic E-state index is -0.548. The molecule has 7 rings (SSSR count). The highest BCUT2D eigenvalue weighted by Gasteiger charge is 2.38. The number of aromatic amines is 1. The van der Waals surface area contributed by atoms with Gasteiger partial charge < -0.3 is 24.5 Å². The lowest BCUT2D eigenvalue weighted by atomic mass is 9.95. The quantitative estimate of drug-likeness (QED) is 0.237. The molecule has 0 radical (unpaired) electrons. The van der Waals surface area contributed by atoms with Gasteiger partial charge in [0.2, 0.25) is 0 Å². The third-order valence-electron chi connectivity index (χ3n) is 9.21. The van der Waals surface area contributed by atoms with Gasteiger partial charge in [-0.3, -0.25) is 14.8 Å². The predicted octanol–water partition coefficient (Wildman–Crippen LogP) is 7.29. The zero-order chi connectivity index (χ0) is 33.8. The number of imidazole rings is 1. The molecule has 2 N–H and O–H groups in total. The zero-order valence-electron chi connectivity index (χ0n) is 28.8. The third kappa shape index (κ3) is 6.59. The number of hydrogen-bond acceptors (Lipinski definition) is 8. The molecule has 5 heterocycles. The summed E-state index contributed by atoms with van der Waals surface area (Å²) in [6.07, 6.45) is 5.54. The van der Waals surface area contributed by atoms with Crippen molar-refractivity contribution in [2.75, 3.05) is 19.6 Å². The van der Waals surface area contributed by atoms with Gasteiger partial charge >= 0.3 is 12.2 Å². The maximum Gasteiger partial charge on any atom is 0.410 e. The number of carbonyl (C=O) groups excluding carboxylic acids is 2. The molecule has 0 bridgehead atoms. The summed E-state index contributed by atoms with van der Waals surface area (Å²) in [5.74, 6) is 3.34. The van der Waals surface area contributed by atoms with Crippen LogP contribution in [0.25, 0.3) is 11.3 Å². The van der Waals surface area contributed by atoms with Crippen LogP contribution in [-0.4, -0.2) is 74.7 Å². The fraction of sp³-hybridized carbons (Fsp3) is 0.514. The van der Waals surface area contributed by atoms with Gasteiger partial charge in [-0.15, -0.1) is 0 Å². The molecule has 2 amide bonds. The zero-order valence-corrected chi connectivity index (χ0v) is 28.8. The highest BCUT2D eigenvalue weighted by molar-refractivity contribution is 5.92. The Morgan fingerprint density at radius 3 is 2.17 bits per heavy atom. The molecule has 254 valence electrons. The number of H-pyrrole nitrogens is 1. The van der Waals surface area contributed by atoms with Crippen LogP contribution < -0.4 is 10.1 Å². The van der Waals surface area contributed by atoms with E-state index in [1.165, 1.54) is 0 Å². The number of benzene rings is 2. The van der Waals surface area contributed by atoms with Crippen molar-refractivity contribution in [1.29, 1.82) is 0 Å². The number of rotatable bonds is 4. The van der Waals surface area contributed by atoms with Crippen LogP contribution >= 0.6 is 0 Å². The summed E-state index contributed by atoms with van der Waals surface area (Å²) in [6.45, 7) is 13.3. The Morgan fingerprint density at radius 2 is 1.48 bits per heavy atom. The number of nitrogens with one attached hydrogen (secondary N) is 2. The molecule has 0 aliphatic carbocycles. The van der Waals surface area contributed by atoms with Crippen molar-refractivity contribution in [3.05, 3.63) is 65.1 Å². The predicted molar refractivity (Wildman–Crippen MR) is 182 cm³/mol. The molecule has 0 spiro atoms. The molecule has 11 heteroatoms. The van der Waals surface area contributed by atoms with Crippen LogP contribution in [0.5, 0.6) is 11.5 Å². The Morgan fingerprint density at radius 1 is 0.854 bits per heavy atom. The largest absolute Gasteiger partial charge is 0.457 e. The smallest absolute Gasteiger partial charge is 0.410 e. The Labute approximate surface area is 282 Å². The highest BCUT2D eigenvalue weighted by Crippen LogP contribution is 2.40. The van der Waals surface area contributed by atoms with E-state index in [1.54, 1.807) is 4.90 Å². The van der Waals surface area contributed by atoms with Crippen LogP contribution in [0, 0.1) is 0 Å². The van der Waals surface area contributed by atoms with Gasteiger partial charge in [-0.2, -0.15) is 0 Å². The molecule has 2 fully saturated rings. The van der Waals surface area contributed by atoms with Gasteiger partial charge in [0.15, 0.2) is 0 Å². The van der Waals surface area contributed by atoms with Gasteiger partial charge in [-0.1, -0.05) is 6.07 Å². The Balaban J connectivity index is 1.03. The van der Waals surface area contributed by atoms with E-state index in [0.717, 1.165) is 83.2 Å². The molecular formula is C37H46N6O5. The highest BCUT2D eigenvalue weighted by atomic mass is 16.6. The summed E-state index contributed by atoms with van der Waals surface area (Å²) in [7, 11) is 0. The Hall–Kier alpha value is -4.54. The van der Waals surface area contributed by atoms with Gasteiger partial charge in [0.1, 0.15) is 34.4 Å². The standard InChI is InChI=1S/C37H46N6O5/c1-36(2,3)47-34(44)42-15-7-9-28(42)32-38-20-26(40-32)22-11-13-30-24(17-22)19-25-18-23(12-14-31(25)46-30)27-21-39-33(41-27)29-10-8-16-43(29)35(45)48-37(4,5)6/h11-14,17-18,20,27-29H,7-10,15-16,19,21H2,1-6H3,(H,38,40)(H,39,41)/t27?,28-,29-/m0/s1. The Kier molecular flexibility index (Phi) is 8.12. The number of aliphatic imine (C=N–C) groups is 1. The van der Waals surface area contributed by atoms with E-state index in [1.807, 2.05) is 70.8 Å². The van der Waals surface area contributed by atoms with Crippen LogP contribution in [0.1, 0.15) is 102 Å². The molecule has 0 saturated carbocycles. The fourth-order valence-electron chi connectivity index (χ4n) is 7.04. The summed E-state index contributed by atoms with van der Waals surface area (Å²) in [4.78, 5) is 42.3. The number of nitrogens with zero attached hydrogens (tertiary/aromatic N) is 4. The third-order valence-corrected chi connectivity index (χ3v) is 9.21. The Bertz CT molecular complexity index is 1750. The number of amides is 2.